The summed E-state index contributed by atoms with van der Waals surface area (Å²) in [5.74, 6) is -0.887. The number of hydrogen-bond acceptors (Lipinski definition) is 1. The van der Waals surface area contributed by atoms with Gasteiger partial charge in [-0.2, -0.15) is 0 Å². The molecule has 0 fully saturated rings. The Balaban J connectivity index is 1.86. The summed E-state index contributed by atoms with van der Waals surface area (Å²) < 4.78 is 0. The minimum absolute atomic E-state index is 0.323. The van der Waals surface area contributed by atoms with E-state index >= 15 is 0 Å². The van der Waals surface area contributed by atoms with Gasteiger partial charge in [0, 0.05) is 0 Å². The second kappa shape index (κ2) is 6.18. The molecule has 0 bridgehead atoms. The molecule has 0 aromatic heterocycles. The normalized spacial score (nSPS) is 14.5. The number of carboxylic acid groups (broad SMARTS) is 1. The average molecular weight is 292 g/mol. The van der Waals surface area contributed by atoms with E-state index in [1.165, 1.54) is 47.9 Å². The Morgan fingerprint density at radius 2 is 1.59 bits per heavy atom. The molecule has 2 aromatic carbocycles. The number of carboxylic acids is 1. The summed E-state index contributed by atoms with van der Waals surface area (Å²) in [6, 6.07) is 13.8. The first kappa shape index (κ1) is 14.6. The lowest BCUT2D eigenvalue weighted by Crippen LogP contribution is -2.02. The summed E-state index contributed by atoms with van der Waals surface area (Å²) >= 11 is 0. The van der Waals surface area contributed by atoms with Crippen molar-refractivity contribution in [2.45, 2.75) is 32.6 Å². The van der Waals surface area contributed by atoms with Gasteiger partial charge in [0.15, 0.2) is 0 Å². The summed E-state index contributed by atoms with van der Waals surface area (Å²) in [7, 11) is 0. The molecule has 0 aliphatic heterocycles. The van der Waals surface area contributed by atoms with Crippen molar-refractivity contribution in [2.75, 3.05) is 0 Å². The predicted octanol–water partition coefficient (Wildman–Crippen LogP) is 4.82. The van der Waals surface area contributed by atoms with Crippen LogP contribution in [0.3, 0.4) is 0 Å². The van der Waals surface area contributed by atoms with E-state index in [0.29, 0.717) is 5.56 Å². The van der Waals surface area contributed by atoms with Gasteiger partial charge in [0.1, 0.15) is 0 Å². The van der Waals surface area contributed by atoms with E-state index in [0.717, 1.165) is 5.56 Å². The number of rotatable bonds is 3. The van der Waals surface area contributed by atoms with Crippen LogP contribution in [0.15, 0.2) is 42.5 Å². The molecule has 3 rings (SSSR count). The molecule has 0 radical (unpaired) electrons. The van der Waals surface area contributed by atoms with Crippen LogP contribution in [0.25, 0.3) is 11.6 Å². The molecule has 1 aliphatic rings. The maximum Gasteiger partial charge on any atom is 0.335 e. The number of allylic oxidation sites excluding steroid dienone is 1. The van der Waals surface area contributed by atoms with Gasteiger partial charge >= 0.3 is 5.97 Å². The summed E-state index contributed by atoms with van der Waals surface area (Å²) in [6.07, 6.45) is 7.09. The van der Waals surface area contributed by atoms with Crippen molar-refractivity contribution >= 4 is 17.6 Å². The smallest absolute Gasteiger partial charge is 0.335 e. The van der Waals surface area contributed by atoms with Crippen molar-refractivity contribution in [3.63, 3.8) is 0 Å². The third-order valence-electron chi connectivity index (χ3n) is 4.34. The third-order valence-corrected chi connectivity index (χ3v) is 4.34. The Hall–Kier alpha value is -2.35. The molecule has 0 saturated heterocycles. The fourth-order valence-electron chi connectivity index (χ4n) is 3.03. The molecule has 0 heterocycles. The maximum atomic E-state index is 10.9. The highest BCUT2D eigenvalue weighted by Gasteiger charge is 2.10. The SMILES string of the molecule is C/C(=C\c1ccc(C(=O)O)cc1)c1ccc2c(c1)CCCC2. The summed E-state index contributed by atoms with van der Waals surface area (Å²) in [5, 5.41) is 8.93. The van der Waals surface area contributed by atoms with Crippen molar-refractivity contribution in [1.29, 1.82) is 0 Å². The fourth-order valence-corrected chi connectivity index (χ4v) is 3.03. The predicted molar refractivity (Wildman–Crippen MR) is 90.0 cm³/mol. The van der Waals surface area contributed by atoms with Gasteiger partial charge in [0.2, 0.25) is 0 Å². The van der Waals surface area contributed by atoms with Crippen molar-refractivity contribution in [3.05, 3.63) is 70.3 Å². The average Bonchev–Trinajstić information content (AvgIpc) is 2.55. The highest BCUT2D eigenvalue weighted by molar-refractivity contribution is 5.88. The highest BCUT2D eigenvalue weighted by atomic mass is 16.4. The summed E-state index contributed by atoms with van der Waals surface area (Å²) in [5.41, 5.74) is 6.79. The van der Waals surface area contributed by atoms with Gasteiger partial charge in [-0.3, -0.25) is 0 Å². The molecule has 0 unspecified atom stereocenters. The number of aromatic carboxylic acids is 1. The lowest BCUT2D eigenvalue weighted by Gasteiger charge is -2.16. The monoisotopic (exact) mass is 292 g/mol. The van der Waals surface area contributed by atoms with Crippen LogP contribution in [0.1, 0.15) is 52.4 Å². The van der Waals surface area contributed by atoms with Crippen LogP contribution < -0.4 is 0 Å². The molecule has 0 amide bonds. The Kier molecular flexibility index (Phi) is 4.10. The van der Waals surface area contributed by atoms with E-state index in [4.69, 9.17) is 5.11 Å². The lowest BCUT2D eigenvalue weighted by atomic mass is 9.89. The van der Waals surface area contributed by atoms with Gasteiger partial charge < -0.3 is 5.11 Å². The first-order valence-electron chi connectivity index (χ1n) is 7.77. The number of aryl methyl sites for hydroxylation is 2. The molecule has 0 spiro atoms. The van der Waals surface area contributed by atoms with E-state index in [9.17, 15) is 4.79 Å². The van der Waals surface area contributed by atoms with Crippen molar-refractivity contribution in [2.24, 2.45) is 0 Å². The Morgan fingerprint density at radius 1 is 0.955 bits per heavy atom. The summed E-state index contributed by atoms with van der Waals surface area (Å²) in [6.45, 7) is 2.11. The van der Waals surface area contributed by atoms with Crippen molar-refractivity contribution in [1.82, 2.24) is 0 Å². The van der Waals surface area contributed by atoms with Gasteiger partial charge in [0.05, 0.1) is 5.56 Å². The lowest BCUT2D eigenvalue weighted by molar-refractivity contribution is 0.0697. The van der Waals surface area contributed by atoms with Crippen molar-refractivity contribution in [3.8, 4) is 0 Å². The zero-order valence-electron chi connectivity index (χ0n) is 12.8. The molecule has 2 heteroatoms. The van der Waals surface area contributed by atoms with Crippen LogP contribution in [0.2, 0.25) is 0 Å². The first-order chi connectivity index (χ1) is 10.6. The van der Waals surface area contributed by atoms with Crippen molar-refractivity contribution < 1.29 is 9.90 Å². The van der Waals surface area contributed by atoms with E-state index in [1.54, 1.807) is 12.1 Å². The maximum absolute atomic E-state index is 10.9. The molecule has 22 heavy (non-hydrogen) atoms. The molecule has 1 aliphatic carbocycles. The molecule has 0 atom stereocenters. The van der Waals surface area contributed by atoms with E-state index in [-0.39, 0.29) is 0 Å². The van der Waals surface area contributed by atoms with Gasteiger partial charge in [-0.15, -0.1) is 0 Å². The van der Waals surface area contributed by atoms with E-state index < -0.39 is 5.97 Å². The standard InChI is InChI=1S/C20H20O2/c1-14(12-15-6-8-17(9-7-15)20(21)22)18-11-10-16-4-2-3-5-19(16)13-18/h6-13H,2-5H2,1H3,(H,21,22)/b14-12+. The van der Waals surface area contributed by atoms with Crippen LogP contribution in [0.5, 0.6) is 0 Å². The first-order valence-corrected chi connectivity index (χ1v) is 7.77. The highest BCUT2D eigenvalue weighted by Crippen LogP contribution is 2.26. The molecule has 2 aromatic rings. The molecule has 1 N–H and O–H groups in total. The third kappa shape index (κ3) is 3.11. The number of hydrogen-bond donors (Lipinski definition) is 1. The Morgan fingerprint density at radius 3 is 2.27 bits per heavy atom. The molecular weight excluding hydrogens is 272 g/mol. The van der Waals surface area contributed by atoms with Crippen LogP contribution in [0.4, 0.5) is 0 Å². The zero-order chi connectivity index (χ0) is 15.5. The summed E-state index contributed by atoms with van der Waals surface area (Å²) in [4.78, 5) is 10.9. The van der Waals surface area contributed by atoms with Gasteiger partial charge in [-0.05, 0) is 72.6 Å². The minimum Gasteiger partial charge on any atom is -0.478 e. The van der Waals surface area contributed by atoms with E-state index in [2.05, 4.69) is 31.2 Å². The van der Waals surface area contributed by atoms with E-state index in [1.807, 2.05) is 12.1 Å². The molecule has 112 valence electrons. The number of carbonyl (C=O) groups is 1. The van der Waals surface area contributed by atoms with Gasteiger partial charge in [-0.1, -0.05) is 36.4 Å². The largest absolute Gasteiger partial charge is 0.478 e. The van der Waals surface area contributed by atoms with Crippen LogP contribution in [-0.4, -0.2) is 11.1 Å². The number of benzene rings is 2. The Labute approximate surface area is 131 Å². The van der Waals surface area contributed by atoms with Gasteiger partial charge in [-0.25, -0.2) is 4.79 Å². The number of fused-ring (bicyclic) bond motifs is 1. The fraction of sp³-hybridized carbons (Fsp3) is 0.250. The second-order valence-corrected chi connectivity index (χ2v) is 5.95. The molecule has 2 nitrogen and oxygen atoms in total. The van der Waals surface area contributed by atoms with Crippen LogP contribution >= 0.6 is 0 Å². The second-order valence-electron chi connectivity index (χ2n) is 5.95. The Bertz CT molecular complexity index is 724. The molecular formula is C20H20O2. The topological polar surface area (TPSA) is 37.3 Å². The van der Waals surface area contributed by atoms with Crippen LogP contribution in [-0.2, 0) is 12.8 Å². The zero-order valence-corrected chi connectivity index (χ0v) is 12.8. The van der Waals surface area contributed by atoms with Gasteiger partial charge in [0.25, 0.3) is 0 Å². The minimum atomic E-state index is -0.887. The quantitative estimate of drug-likeness (QED) is 0.823. The van der Waals surface area contributed by atoms with Crippen LogP contribution in [0, 0.1) is 0 Å². The molecule has 0 saturated carbocycles.